The molecule has 0 saturated heterocycles. The first-order chi connectivity index (χ1) is 7.97. The molecule has 1 aromatic carbocycles. The fourth-order valence-electron chi connectivity index (χ4n) is 1.64. The molecule has 90 valence electrons. The molecule has 0 amide bonds. The highest BCUT2D eigenvalue weighted by atomic mass is 19.4. The first-order valence-electron chi connectivity index (χ1n) is 4.69. The maximum absolute atomic E-state index is 12.5. The maximum atomic E-state index is 12.5. The summed E-state index contributed by atoms with van der Waals surface area (Å²) in [5, 5.41) is 0.201. The summed E-state index contributed by atoms with van der Waals surface area (Å²) in [4.78, 5) is 13.6. The van der Waals surface area contributed by atoms with Crippen molar-refractivity contribution in [3.05, 3.63) is 29.3 Å². The number of hydrogen-bond acceptors (Lipinski definition) is 2. The van der Waals surface area contributed by atoms with Gasteiger partial charge in [-0.3, -0.25) is 4.79 Å². The van der Waals surface area contributed by atoms with Crippen molar-refractivity contribution in [2.45, 2.75) is 6.18 Å². The summed E-state index contributed by atoms with van der Waals surface area (Å²) in [6, 6.07) is 3.15. The molecule has 3 nitrogen and oxygen atoms in total. The van der Waals surface area contributed by atoms with Crippen LogP contribution in [0.5, 0.6) is 5.88 Å². The van der Waals surface area contributed by atoms with Crippen LogP contribution >= 0.6 is 0 Å². The van der Waals surface area contributed by atoms with Gasteiger partial charge in [0, 0.05) is 10.9 Å². The summed E-state index contributed by atoms with van der Waals surface area (Å²) in [5.41, 5.74) is -0.277. The minimum atomic E-state index is -4.43. The number of methoxy groups -OCH3 is 1. The molecule has 17 heavy (non-hydrogen) atoms. The van der Waals surface area contributed by atoms with Crippen LogP contribution < -0.4 is 4.74 Å². The number of carbonyl (C=O) groups is 1. The minimum absolute atomic E-state index is 0.0913. The molecule has 1 aromatic heterocycles. The van der Waals surface area contributed by atoms with E-state index in [0.29, 0.717) is 11.8 Å². The molecule has 0 fully saturated rings. The van der Waals surface area contributed by atoms with Gasteiger partial charge < -0.3 is 9.72 Å². The van der Waals surface area contributed by atoms with Crippen LogP contribution in [0, 0.1) is 0 Å². The van der Waals surface area contributed by atoms with Crippen LogP contribution in [0.2, 0.25) is 0 Å². The number of ether oxygens (including phenoxy) is 1. The number of halogens is 3. The monoisotopic (exact) mass is 243 g/mol. The van der Waals surface area contributed by atoms with Crippen LogP contribution in [0.3, 0.4) is 0 Å². The van der Waals surface area contributed by atoms with E-state index < -0.39 is 11.7 Å². The number of benzene rings is 1. The molecular formula is C11H8F3NO2. The summed E-state index contributed by atoms with van der Waals surface area (Å²) < 4.78 is 42.4. The van der Waals surface area contributed by atoms with Crippen LogP contribution in [-0.4, -0.2) is 18.4 Å². The van der Waals surface area contributed by atoms with E-state index >= 15 is 0 Å². The van der Waals surface area contributed by atoms with Gasteiger partial charge in [-0.25, -0.2) is 0 Å². The predicted molar refractivity (Wildman–Crippen MR) is 55.2 cm³/mol. The molecule has 0 aliphatic carbocycles. The third-order valence-electron chi connectivity index (χ3n) is 2.45. The van der Waals surface area contributed by atoms with Crippen LogP contribution in [0.25, 0.3) is 10.9 Å². The largest absolute Gasteiger partial charge is 0.482 e. The SMILES string of the molecule is COc1[nH]c2ccc(C(F)(F)F)cc2c1C=O. The number of aldehydes is 1. The quantitative estimate of drug-likeness (QED) is 0.824. The van der Waals surface area contributed by atoms with Crippen LogP contribution in [-0.2, 0) is 6.18 Å². The fourth-order valence-corrected chi connectivity index (χ4v) is 1.64. The average molecular weight is 243 g/mol. The summed E-state index contributed by atoms with van der Waals surface area (Å²) in [5.74, 6) is 0.161. The van der Waals surface area contributed by atoms with Gasteiger partial charge in [-0.05, 0) is 18.2 Å². The lowest BCUT2D eigenvalue weighted by atomic mass is 10.1. The van der Waals surface area contributed by atoms with Gasteiger partial charge in [0.2, 0.25) is 5.88 Å². The number of H-pyrrole nitrogens is 1. The summed E-state index contributed by atoms with van der Waals surface area (Å²) >= 11 is 0. The Morgan fingerprint density at radius 2 is 2.06 bits per heavy atom. The summed E-state index contributed by atoms with van der Waals surface area (Å²) in [7, 11) is 1.34. The second-order valence-corrected chi connectivity index (χ2v) is 3.45. The predicted octanol–water partition coefficient (Wildman–Crippen LogP) is 3.01. The highest BCUT2D eigenvalue weighted by Crippen LogP contribution is 2.34. The van der Waals surface area contributed by atoms with Gasteiger partial charge in [0.25, 0.3) is 0 Å². The van der Waals surface area contributed by atoms with Crippen molar-refractivity contribution in [1.29, 1.82) is 0 Å². The molecule has 2 aromatic rings. The van der Waals surface area contributed by atoms with Gasteiger partial charge in [-0.2, -0.15) is 13.2 Å². The van der Waals surface area contributed by atoms with Gasteiger partial charge >= 0.3 is 6.18 Å². The zero-order valence-electron chi connectivity index (χ0n) is 8.76. The lowest BCUT2D eigenvalue weighted by Gasteiger charge is -2.05. The summed E-state index contributed by atoms with van der Waals surface area (Å²) in [6.45, 7) is 0. The molecule has 0 aliphatic rings. The third-order valence-corrected chi connectivity index (χ3v) is 2.45. The van der Waals surface area contributed by atoms with Gasteiger partial charge in [-0.15, -0.1) is 0 Å². The standard InChI is InChI=1S/C11H8F3NO2/c1-17-10-8(5-16)7-4-6(11(12,13)14)2-3-9(7)15-10/h2-5,15H,1H3. The van der Waals surface area contributed by atoms with Crippen molar-refractivity contribution in [2.75, 3.05) is 7.11 Å². The number of fused-ring (bicyclic) bond motifs is 1. The minimum Gasteiger partial charge on any atom is -0.482 e. The van der Waals surface area contributed by atoms with Crippen molar-refractivity contribution in [2.24, 2.45) is 0 Å². The normalized spacial score (nSPS) is 11.8. The molecule has 0 aliphatic heterocycles. The molecule has 1 heterocycles. The lowest BCUT2D eigenvalue weighted by Crippen LogP contribution is -2.04. The Bertz CT molecular complexity index is 572. The average Bonchev–Trinajstić information content (AvgIpc) is 2.64. The fraction of sp³-hybridized carbons (Fsp3) is 0.182. The number of aromatic amines is 1. The Hall–Kier alpha value is -1.98. The first kappa shape index (κ1) is 11.5. The molecule has 6 heteroatoms. The number of carbonyl (C=O) groups excluding carboxylic acids is 1. The van der Waals surface area contributed by atoms with Gasteiger partial charge in [0.05, 0.1) is 18.2 Å². The topological polar surface area (TPSA) is 42.1 Å². The Labute approximate surface area is 94.2 Å². The Morgan fingerprint density at radius 3 is 2.59 bits per heavy atom. The lowest BCUT2D eigenvalue weighted by molar-refractivity contribution is -0.137. The van der Waals surface area contributed by atoms with E-state index in [4.69, 9.17) is 4.74 Å². The first-order valence-corrected chi connectivity index (χ1v) is 4.69. The molecule has 0 unspecified atom stereocenters. The zero-order chi connectivity index (χ0) is 12.6. The van der Waals surface area contributed by atoms with E-state index in [2.05, 4.69) is 4.98 Å². The maximum Gasteiger partial charge on any atom is 0.416 e. The Balaban J connectivity index is 2.71. The second-order valence-electron chi connectivity index (χ2n) is 3.45. The Morgan fingerprint density at radius 1 is 1.35 bits per heavy atom. The van der Waals surface area contributed by atoms with Crippen molar-refractivity contribution in [3.8, 4) is 5.88 Å². The van der Waals surface area contributed by atoms with E-state index in [1.807, 2.05) is 0 Å². The highest BCUT2D eigenvalue weighted by molar-refractivity contribution is 6.00. The number of alkyl halides is 3. The van der Waals surface area contributed by atoms with E-state index in [1.165, 1.54) is 13.2 Å². The smallest absolute Gasteiger partial charge is 0.416 e. The number of aromatic nitrogens is 1. The van der Waals surface area contributed by atoms with Gasteiger partial charge in [-0.1, -0.05) is 0 Å². The van der Waals surface area contributed by atoms with Crippen molar-refractivity contribution in [1.82, 2.24) is 4.98 Å². The zero-order valence-corrected chi connectivity index (χ0v) is 8.76. The molecule has 1 N–H and O–H groups in total. The molecule has 0 saturated carbocycles. The van der Waals surface area contributed by atoms with E-state index in [1.54, 1.807) is 0 Å². The second kappa shape index (κ2) is 3.80. The van der Waals surface area contributed by atoms with Crippen molar-refractivity contribution < 1.29 is 22.7 Å². The van der Waals surface area contributed by atoms with Crippen molar-refractivity contribution in [3.63, 3.8) is 0 Å². The molecule has 2 rings (SSSR count). The third kappa shape index (κ3) is 1.86. The highest BCUT2D eigenvalue weighted by Gasteiger charge is 2.31. The van der Waals surface area contributed by atoms with Crippen LogP contribution in [0.15, 0.2) is 18.2 Å². The number of hydrogen-bond donors (Lipinski definition) is 1. The molecule has 0 spiro atoms. The van der Waals surface area contributed by atoms with Crippen LogP contribution in [0.1, 0.15) is 15.9 Å². The number of nitrogens with one attached hydrogen (secondary N) is 1. The number of rotatable bonds is 2. The van der Waals surface area contributed by atoms with Gasteiger partial charge in [0.1, 0.15) is 0 Å². The van der Waals surface area contributed by atoms with Crippen molar-refractivity contribution >= 4 is 17.2 Å². The van der Waals surface area contributed by atoms with Crippen LogP contribution in [0.4, 0.5) is 13.2 Å². The van der Waals surface area contributed by atoms with E-state index in [0.717, 1.165) is 12.1 Å². The summed E-state index contributed by atoms with van der Waals surface area (Å²) in [6.07, 6.45) is -3.96. The molecule has 0 atom stereocenters. The van der Waals surface area contributed by atoms with E-state index in [9.17, 15) is 18.0 Å². The Kier molecular flexibility index (Phi) is 2.57. The molecule has 0 bridgehead atoms. The molecular weight excluding hydrogens is 235 g/mol. The van der Waals surface area contributed by atoms with Gasteiger partial charge in [0.15, 0.2) is 6.29 Å². The van der Waals surface area contributed by atoms with E-state index in [-0.39, 0.29) is 16.8 Å². The molecule has 0 radical (unpaired) electrons.